The molecule has 0 saturated carbocycles. The molecule has 0 amide bonds. The van der Waals surface area contributed by atoms with E-state index in [9.17, 15) is 5.21 Å². The molecule has 1 aliphatic rings. The topological polar surface area (TPSA) is 39.3 Å². The molecule has 2 heterocycles. The van der Waals surface area contributed by atoms with E-state index in [1.807, 2.05) is 0 Å². The summed E-state index contributed by atoms with van der Waals surface area (Å²) in [5.41, 5.74) is 1.74. The second-order valence-electron chi connectivity index (χ2n) is 2.32. The van der Waals surface area contributed by atoms with Crippen molar-refractivity contribution in [2.75, 3.05) is 0 Å². The second-order valence-corrected chi connectivity index (χ2v) is 3.48. The highest BCUT2D eigenvalue weighted by atomic mass is 127. The minimum atomic E-state index is 0.523. The van der Waals surface area contributed by atoms with Crippen LogP contribution in [0.5, 0.6) is 0 Å². The Morgan fingerprint density at radius 3 is 3.18 bits per heavy atom. The van der Waals surface area contributed by atoms with Gasteiger partial charge >= 0.3 is 0 Å². The first kappa shape index (κ1) is 7.02. The minimum Gasteiger partial charge on any atom is -0.618 e. The highest BCUT2D eigenvalue weighted by Crippen LogP contribution is 2.16. The first-order valence-corrected chi connectivity index (χ1v) is 4.27. The van der Waals surface area contributed by atoms with Gasteiger partial charge in [0.15, 0.2) is 6.20 Å². The molecule has 0 spiro atoms. The van der Waals surface area contributed by atoms with Crippen molar-refractivity contribution in [1.29, 1.82) is 0 Å². The second kappa shape index (κ2) is 2.44. The Hall–Kier alpha value is -0.650. The molecule has 2 rings (SSSR count). The van der Waals surface area contributed by atoms with Crippen LogP contribution in [0.3, 0.4) is 0 Å². The average molecular weight is 260 g/mol. The van der Waals surface area contributed by atoms with Crippen molar-refractivity contribution in [3.63, 3.8) is 0 Å². The first-order valence-electron chi connectivity index (χ1n) is 3.19. The molecular weight excluding hydrogens is 255 g/mol. The van der Waals surface area contributed by atoms with E-state index in [0.29, 0.717) is 6.54 Å². The summed E-state index contributed by atoms with van der Waals surface area (Å²) in [6.07, 6.45) is 3.28. The van der Waals surface area contributed by atoms with Gasteiger partial charge in [-0.15, -0.1) is 0 Å². The Balaban J connectivity index is 2.71. The Morgan fingerprint density at radius 1 is 1.64 bits per heavy atom. The van der Waals surface area contributed by atoms with E-state index in [0.717, 1.165) is 19.6 Å². The van der Waals surface area contributed by atoms with Crippen LogP contribution in [-0.2, 0) is 6.54 Å². The maximum Gasteiger partial charge on any atom is 0.224 e. The molecule has 0 bridgehead atoms. The molecule has 0 aromatic carbocycles. The van der Waals surface area contributed by atoms with Crippen LogP contribution in [0.1, 0.15) is 11.3 Å². The number of nitrogens with zero attached hydrogens (tertiary/aromatic N) is 2. The van der Waals surface area contributed by atoms with Crippen LogP contribution in [0.2, 0.25) is 0 Å². The first-order chi connectivity index (χ1) is 5.29. The van der Waals surface area contributed by atoms with Crippen molar-refractivity contribution >= 4 is 28.8 Å². The molecule has 0 aliphatic carbocycles. The zero-order valence-electron chi connectivity index (χ0n) is 5.62. The highest BCUT2D eigenvalue weighted by Gasteiger charge is 2.17. The van der Waals surface area contributed by atoms with Crippen LogP contribution in [0.4, 0.5) is 0 Å². The van der Waals surface area contributed by atoms with Gasteiger partial charge < -0.3 is 5.21 Å². The van der Waals surface area contributed by atoms with Crippen LogP contribution < -0.4 is 4.73 Å². The Labute approximate surface area is 77.5 Å². The molecule has 0 atom stereocenters. The molecule has 0 saturated heterocycles. The van der Waals surface area contributed by atoms with Gasteiger partial charge in [0.2, 0.25) is 5.69 Å². The quantitative estimate of drug-likeness (QED) is 0.387. The van der Waals surface area contributed by atoms with E-state index in [4.69, 9.17) is 0 Å². The Morgan fingerprint density at radius 2 is 2.45 bits per heavy atom. The molecule has 0 unspecified atom stereocenters. The third kappa shape index (κ3) is 1.01. The van der Waals surface area contributed by atoms with Crippen LogP contribution in [0.15, 0.2) is 17.3 Å². The van der Waals surface area contributed by atoms with Crippen LogP contribution in [-0.4, -0.2) is 6.21 Å². The fraction of sp³-hybridized carbons (Fsp3) is 0.143. The van der Waals surface area contributed by atoms with Crippen molar-refractivity contribution < 1.29 is 4.73 Å². The fourth-order valence-corrected chi connectivity index (χ4v) is 1.70. The molecule has 1 aliphatic heterocycles. The molecule has 0 fully saturated rings. The molecule has 1 aromatic rings. The number of rotatable bonds is 0. The van der Waals surface area contributed by atoms with E-state index in [2.05, 4.69) is 27.6 Å². The van der Waals surface area contributed by atoms with E-state index in [1.54, 1.807) is 12.3 Å². The van der Waals surface area contributed by atoms with Crippen LogP contribution in [0, 0.1) is 8.78 Å². The molecule has 0 radical (unpaired) electrons. The van der Waals surface area contributed by atoms with E-state index in [-0.39, 0.29) is 0 Å². The zero-order chi connectivity index (χ0) is 7.84. The van der Waals surface area contributed by atoms with Gasteiger partial charge in [0, 0.05) is 15.9 Å². The number of hydrogen-bond donors (Lipinski definition) is 0. The van der Waals surface area contributed by atoms with Crippen molar-refractivity contribution in [3.05, 3.63) is 32.3 Å². The van der Waals surface area contributed by atoms with Gasteiger partial charge in [-0.25, -0.2) is 0 Å². The smallest absolute Gasteiger partial charge is 0.224 e. The summed E-state index contributed by atoms with van der Waals surface area (Å²) in [7, 11) is 0. The lowest BCUT2D eigenvalue weighted by Crippen LogP contribution is -2.31. The normalized spacial score (nSPS) is 13.5. The third-order valence-corrected chi connectivity index (χ3v) is 2.59. The van der Waals surface area contributed by atoms with Crippen molar-refractivity contribution in [2.45, 2.75) is 6.54 Å². The molecule has 56 valence electrons. The maximum absolute atomic E-state index is 11.1. The number of halogens is 1. The maximum atomic E-state index is 11.1. The fourth-order valence-electron chi connectivity index (χ4n) is 1.08. The summed E-state index contributed by atoms with van der Waals surface area (Å²) in [6.45, 7) is 0.523. The summed E-state index contributed by atoms with van der Waals surface area (Å²) >= 11 is 2.20. The van der Waals surface area contributed by atoms with Gasteiger partial charge in [-0.1, -0.05) is 0 Å². The highest BCUT2D eigenvalue weighted by molar-refractivity contribution is 14.1. The molecule has 11 heavy (non-hydrogen) atoms. The van der Waals surface area contributed by atoms with Crippen molar-refractivity contribution in [2.24, 2.45) is 4.99 Å². The van der Waals surface area contributed by atoms with Gasteiger partial charge in [0.25, 0.3) is 0 Å². The predicted octanol–water partition coefficient (Wildman–Crippen LogP) is 0.857. The van der Waals surface area contributed by atoms with Gasteiger partial charge in [0.1, 0.15) is 6.54 Å². The molecular formula is C7H5IN2O. The van der Waals surface area contributed by atoms with E-state index in [1.165, 1.54) is 6.20 Å². The van der Waals surface area contributed by atoms with Gasteiger partial charge in [-0.2, -0.15) is 4.73 Å². The molecule has 1 aromatic heterocycles. The summed E-state index contributed by atoms with van der Waals surface area (Å²) in [4.78, 5) is 4.02. The van der Waals surface area contributed by atoms with Gasteiger partial charge in [0.05, 0.1) is 5.56 Å². The summed E-state index contributed by atoms with van der Waals surface area (Å²) < 4.78 is 1.97. The lowest BCUT2D eigenvalue weighted by Gasteiger charge is -2.01. The summed E-state index contributed by atoms with van der Waals surface area (Å²) in [6, 6.07) is 1.80. The third-order valence-electron chi connectivity index (χ3n) is 1.65. The van der Waals surface area contributed by atoms with Gasteiger partial charge in [-0.05, 0) is 22.6 Å². The lowest BCUT2D eigenvalue weighted by atomic mass is 10.2. The number of aromatic nitrogens is 1. The minimum absolute atomic E-state index is 0.523. The van der Waals surface area contributed by atoms with E-state index < -0.39 is 0 Å². The van der Waals surface area contributed by atoms with Crippen molar-refractivity contribution in [3.8, 4) is 0 Å². The zero-order valence-corrected chi connectivity index (χ0v) is 7.78. The largest absolute Gasteiger partial charge is 0.618 e. The number of fused-ring (bicyclic) bond motifs is 1. The molecule has 4 heteroatoms. The average Bonchev–Trinajstić information content (AvgIpc) is 2.45. The Bertz CT molecular complexity index is 335. The summed E-state index contributed by atoms with van der Waals surface area (Å²) in [5.74, 6) is 0. The monoisotopic (exact) mass is 260 g/mol. The predicted molar refractivity (Wildman–Crippen MR) is 49.4 cm³/mol. The summed E-state index contributed by atoms with van der Waals surface area (Å²) in [5, 5.41) is 11.1. The standard InChI is InChI=1S/C7H5IN2O/c8-6-1-2-10(11)7-4-9-3-5(6)7/h1-3H,4H2. The van der Waals surface area contributed by atoms with Crippen molar-refractivity contribution in [1.82, 2.24) is 0 Å². The SMILES string of the molecule is [O-][n+]1ccc(I)c2c1CN=C2. The number of hydrogen-bond acceptors (Lipinski definition) is 2. The van der Waals surface area contributed by atoms with Crippen LogP contribution >= 0.6 is 22.6 Å². The van der Waals surface area contributed by atoms with E-state index >= 15 is 0 Å². The molecule has 0 N–H and O–H groups in total. The number of aliphatic imine (C=N–C) groups is 1. The Kier molecular flexibility index (Phi) is 1.56. The molecule has 3 nitrogen and oxygen atoms in total. The number of pyridine rings is 1. The lowest BCUT2D eigenvalue weighted by molar-refractivity contribution is -0.613. The van der Waals surface area contributed by atoms with Crippen LogP contribution in [0.25, 0.3) is 0 Å². The van der Waals surface area contributed by atoms with Gasteiger partial charge in [-0.3, -0.25) is 4.99 Å².